The van der Waals surface area contributed by atoms with Gasteiger partial charge < -0.3 is 10.6 Å². The number of carbonyl (C=O) groups excluding carboxylic acids is 2. The van der Waals surface area contributed by atoms with Crippen LogP contribution >= 0.6 is 11.3 Å². The van der Waals surface area contributed by atoms with Gasteiger partial charge in [-0.25, -0.2) is 14.5 Å². The van der Waals surface area contributed by atoms with E-state index >= 15 is 0 Å². The summed E-state index contributed by atoms with van der Waals surface area (Å²) in [6.07, 6.45) is 3.11. The molecule has 2 heterocycles. The normalized spacial score (nSPS) is 11.5. The predicted molar refractivity (Wildman–Crippen MR) is 121 cm³/mol. The molecule has 2 aromatic carbocycles. The van der Waals surface area contributed by atoms with E-state index in [2.05, 4.69) is 26.0 Å². The summed E-state index contributed by atoms with van der Waals surface area (Å²) in [6, 6.07) is 19.7. The lowest BCUT2D eigenvalue weighted by atomic mass is 10.1. The second-order valence-corrected chi connectivity index (χ2v) is 7.82. The average molecular weight is 433 g/mol. The summed E-state index contributed by atoms with van der Waals surface area (Å²) in [5.41, 5.74) is 2.55. The molecule has 4 rings (SSSR count). The molecule has 1 unspecified atom stereocenters. The number of hydrogen-bond donors (Lipinski definition) is 3. The molecule has 0 aliphatic carbocycles. The first-order valence-corrected chi connectivity index (χ1v) is 10.4. The summed E-state index contributed by atoms with van der Waals surface area (Å²) in [7, 11) is 0. The Morgan fingerprint density at radius 2 is 1.74 bits per heavy atom. The van der Waals surface area contributed by atoms with Crippen LogP contribution < -0.4 is 16.0 Å². The van der Waals surface area contributed by atoms with Crippen molar-refractivity contribution in [2.24, 2.45) is 0 Å². The van der Waals surface area contributed by atoms with E-state index in [0.717, 1.165) is 11.3 Å². The third-order valence-electron chi connectivity index (χ3n) is 4.52. The van der Waals surface area contributed by atoms with Gasteiger partial charge in [0.15, 0.2) is 0 Å². The predicted octanol–water partition coefficient (Wildman–Crippen LogP) is 4.46. The fourth-order valence-electron chi connectivity index (χ4n) is 2.93. The molecule has 8 nitrogen and oxygen atoms in total. The summed E-state index contributed by atoms with van der Waals surface area (Å²) in [5.74, 6) is -0.200. The minimum atomic E-state index is -0.360. The molecule has 156 valence electrons. The SMILES string of the molecule is CC(NC(=O)c1ccc(NC(=O)Nc2ccccc2)s1)c1ccc(-n2cncn2)cc1. The summed E-state index contributed by atoms with van der Waals surface area (Å²) in [6.45, 7) is 1.92. The lowest BCUT2D eigenvalue weighted by Crippen LogP contribution is -2.25. The largest absolute Gasteiger partial charge is 0.345 e. The minimum Gasteiger partial charge on any atom is -0.345 e. The number of para-hydroxylation sites is 1. The number of aromatic nitrogens is 3. The third kappa shape index (κ3) is 5.14. The van der Waals surface area contributed by atoms with Crippen LogP contribution in [-0.4, -0.2) is 26.7 Å². The summed E-state index contributed by atoms with van der Waals surface area (Å²) < 4.78 is 1.67. The number of nitrogens with zero attached hydrogens (tertiary/aromatic N) is 3. The Bertz CT molecular complexity index is 1160. The Labute approximate surface area is 183 Å². The number of hydrogen-bond acceptors (Lipinski definition) is 5. The molecular weight excluding hydrogens is 412 g/mol. The molecule has 3 amide bonds. The number of anilines is 2. The maximum atomic E-state index is 12.6. The molecule has 9 heteroatoms. The number of nitrogens with one attached hydrogen (secondary N) is 3. The smallest absolute Gasteiger partial charge is 0.324 e. The van der Waals surface area contributed by atoms with Gasteiger partial charge in [-0.05, 0) is 48.9 Å². The Hall–Kier alpha value is -3.98. The van der Waals surface area contributed by atoms with Crippen LogP contribution in [0.3, 0.4) is 0 Å². The second-order valence-electron chi connectivity index (χ2n) is 6.74. The molecule has 1 atom stereocenters. The molecule has 4 aromatic rings. The zero-order valence-corrected chi connectivity index (χ0v) is 17.5. The molecule has 2 aromatic heterocycles. The van der Waals surface area contributed by atoms with Gasteiger partial charge in [-0.15, -0.1) is 11.3 Å². The minimum absolute atomic E-state index is 0.183. The number of thiophene rings is 1. The highest BCUT2D eigenvalue weighted by molar-refractivity contribution is 7.18. The summed E-state index contributed by atoms with van der Waals surface area (Å²) in [4.78, 5) is 29.2. The second kappa shape index (κ2) is 9.23. The highest BCUT2D eigenvalue weighted by Gasteiger charge is 2.15. The highest BCUT2D eigenvalue weighted by Crippen LogP contribution is 2.23. The first-order chi connectivity index (χ1) is 15.1. The van der Waals surface area contributed by atoms with Crippen LogP contribution in [0.4, 0.5) is 15.5 Å². The van der Waals surface area contributed by atoms with Gasteiger partial charge in [0.05, 0.1) is 21.6 Å². The molecule has 0 fully saturated rings. The van der Waals surface area contributed by atoms with Gasteiger partial charge in [0.2, 0.25) is 0 Å². The average Bonchev–Trinajstić information content (AvgIpc) is 3.47. The highest BCUT2D eigenvalue weighted by atomic mass is 32.1. The van der Waals surface area contributed by atoms with Crippen molar-refractivity contribution in [2.45, 2.75) is 13.0 Å². The Kier molecular flexibility index (Phi) is 6.04. The molecular formula is C22H20N6O2S. The van der Waals surface area contributed by atoms with Crippen molar-refractivity contribution in [3.8, 4) is 5.69 Å². The molecule has 0 spiro atoms. The van der Waals surface area contributed by atoms with E-state index in [-0.39, 0.29) is 18.0 Å². The van der Waals surface area contributed by atoms with Gasteiger partial charge in [0.1, 0.15) is 12.7 Å². The number of amides is 3. The van der Waals surface area contributed by atoms with Gasteiger partial charge >= 0.3 is 6.03 Å². The van der Waals surface area contributed by atoms with E-state index in [4.69, 9.17) is 0 Å². The molecule has 0 saturated heterocycles. The monoisotopic (exact) mass is 432 g/mol. The van der Waals surface area contributed by atoms with Gasteiger partial charge in [0, 0.05) is 5.69 Å². The standard InChI is InChI=1S/C22H20N6O2S/c1-15(16-7-9-18(10-8-16)28-14-23-13-24-28)25-21(29)19-11-12-20(31-19)27-22(30)26-17-5-3-2-4-6-17/h2-15H,1H3,(H,25,29)(H2,26,27,30). The zero-order chi connectivity index (χ0) is 21.6. The Balaban J connectivity index is 1.33. The van der Waals surface area contributed by atoms with Crippen molar-refractivity contribution in [1.29, 1.82) is 0 Å². The zero-order valence-electron chi connectivity index (χ0n) is 16.6. The van der Waals surface area contributed by atoms with Gasteiger partial charge in [-0.3, -0.25) is 10.1 Å². The Morgan fingerprint density at radius 1 is 0.968 bits per heavy atom. The number of rotatable bonds is 6. The van der Waals surface area contributed by atoms with Gasteiger partial charge in [-0.2, -0.15) is 5.10 Å². The van der Waals surface area contributed by atoms with Crippen LogP contribution in [0.1, 0.15) is 28.2 Å². The molecule has 3 N–H and O–H groups in total. The van der Waals surface area contributed by atoms with Crippen LogP contribution in [0.5, 0.6) is 0 Å². The first-order valence-electron chi connectivity index (χ1n) is 9.57. The van der Waals surface area contributed by atoms with Crippen molar-refractivity contribution >= 4 is 34.0 Å². The van der Waals surface area contributed by atoms with Crippen molar-refractivity contribution in [1.82, 2.24) is 20.1 Å². The van der Waals surface area contributed by atoms with Crippen molar-refractivity contribution in [3.05, 3.63) is 89.8 Å². The van der Waals surface area contributed by atoms with Crippen LogP contribution in [0.15, 0.2) is 79.4 Å². The number of urea groups is 1. The van der Waals surface area contributed by atoms with Gasteiger partial charge in [0.25, 0.3) is 5.91 Å². The van der Waals surface area contributed by atoms with Crippen LogP contribution in [0, 0.1) is 0 Å². The first kappa shape index (κ1) is 20.3. The molecule has 0 bridgehead atoms. The van der Waals surface area contributed by atoms with E-state index in [1.54, 1.807) is 35.3 Å². The Morgan fingerprint density at radius 3 is 2.45 bits per heavy atom. The molecule has 0 aliphatic rings. The van der Waals surface area contributed by atoms with Crippen molar-refractivity contribution in [2.75, 3.05) is 10.6 Å². The lowest BCUT2D eigenvalue weighted by molar-refractivity contribution is 0.0944. The molecule has 0 radical (unpaired) electrons. The molecule has 0 saturated carbocycles. The van der Waals surface area contributed by atoms with E-state index in [9.17, 15) is 9.59 Å². The fourth-order valence-corrected chi connectivity index (χ4v) is 3.74. The van der Waals surface area contributed by atoms with E-state index in [1.165, 1.54) is 17.7 Å². The maximum Gasteiger partial charge on any atom is 0.324 e. The van der Waals surface area contributed by atoms with Crippen molar-refractivity contribution < 1.29 is 9.59 Å². The maximum absolute atomic E-state index is 12.6. The third-order valence-corrected chi connectivity index (χ3v) is 5.52. The van der Waals surface area contributed by atoms with E-state index < -0.39 is 0 Å². The van der Waals surface area contributed by atoms with Crippen LogP contribution in [-0.2, 0) is 0 Å². The van der Waals surface area contributed by atoms with Crippen molar-refractivity contribution in [3.63, 3.8) is 0 Å². The lowest BCUT2D eigenvalue weighted by Gasteiger charge is -2.14. The van der Waals surface area contributed by atoms with E-state index in [1.807, 2.05) is 49.4 Å². The fraction of sp³-hybridized carbons (Fsp3) is 0.0909. The number of benzene rings is 2. The topological polar surface area (TPSA) is 101 Å². The van der Waals surface area contributed by atoms with Crippen LogP contribution in [0.2, 0.25) is 0 Å². The van der Waals surface area contributed by atoms with Crippen LogP contribution in [0.25, 0.3) is 5.69 Å². The number of carbonyl (C=O) groups is 2. The molecule has 0 aliphatic heterocycles. The van der Waals surface area contributed by atoms with E-state index in [0.29, 0.717) is 15.6 Å². The van der Waals surface area contributed by atoms with Gasteiger partial charge in [-0.1, -0.05) is 30.3 Å². The molecule has 31 heavy (non-hydrogen) atoms. The quantitative estimate of drug-likeness (QED) is 0.419. The summed E-state index contributed by atoms with van der Waals surface area (Å²) in [5, 5.41) is 13.2. The summed E-state index contributed by atoms with van der Waals surface area (Å²) >= 11 is 1.22.